The van der Waals surface area contributed by atoms with Crippen LogP contribution in [-0.4, -0.2) is 29.8 Å². The van der Waals surface area contributed by atoms with Gasteiger partial charge in [-0.05, 0) is 73.5 Å². The molecule has 2 N–H and O–H groups in total. The first kappa shape index (κ1) is 26.5. The maximum absolute atomic E-state index is 11.8. The molecule has 0 aliphatic carbocycles. The van der Waals surface area contributed by atoms with Gasteiger partial charge in [-0.2, -0.15) is 0 Å². The number of carboxylic acids is 1. The lowest BCUT2D eigenvalue weighted by Crippen LogP contribution is -2.49. The van der Waals surface area contributed by atoms with Crippen LogP contribution in [0.3, 0.4) is 0 Å². The fourth-order valence-corrected chi connectivity index (χ4v) is 5.14. The molecule has 6 heteroatoms. The number of nitrogens with one attached hydrogen (secondary N) is 1. The monoisotopic (exact) mass is 516 g/mol. The van der Waals surface area contributed by atoms with E-state index in [2.05, 4.69) is 66.5 Å². The molecule has 2 atom stereocenters. The molecule has 0 bridgehead atoms. The van der Waals surface area contributed by atoms with Crippen molar-refractivity contribution in [3.05, 3.63) is 102 Å². The second-order valence-corrected chi connectivity index (χ2v) is 9.90. The minimum Gasteiger partial charge on any atom is -0.483 e. The van der Waals surface area contributed by atoms with E-state index in [0.29, 0.717) is 12.1 Å². The summed E-state index contributed by atoms with van der Waals surface area (Å²) < 4.78 is 6.53. The topological polar surface area (TPSA) is 61.8 Å². The number of rotatable bonds is 7. The molecule has 1 aliphatic rings. The van der Waals surface area contributed by atoms with Gasteiger partial charge in [-0.15, -0.1) is 12.4 Å². The Kier molecular flexibility index (Phi) is 7.76. The van der Waals surface area contributed by atoms with E-state index in [1.165, 1.54) is 16.3 Å². The molecule has 5 rings (SSSR count). The van der Waals surface area contributed by atoms with Crippen molar-refractivity contribution in [3.63, 3.8) is 0 Å². The SMILES string of the molecule is Cc1ccc(N2CC(C)(CCN[C@H](C)c3cccc4ccccc34)Oc3ccccc32)cc1C(=O)O.Cl. The van der Waals surface area contributed by atoms with Crippen LogP contribution in [0.15, 0.2) is 84.9 Å². The van der Waals surface area contributed by atoms with Gasteiger partial charge in [0.05, 0.1) is 17.8 Å². The van der Waals surface area contributed by atoms with Crippen LogP contribution in [-0.2, 0) is 0 Å². The molecule has 1 aliphatic heterocycles. The lowest BCUT2D eigenvalue weighted by atomic mass is 9.96. The summed E-state index contributed by atoms with van der Waals surface area (Å²) in [5, 5.41) is 15.9. The van der Waals surface area contributed by atoms with E-state index < -0.39 is 11.6 Å². The fraction of sp³-hybridized carbons (Fsp3) is 0.258. The first-order chi connectivity index (χ1) is 17.3. The Morgan fingerprint density at radius 2 is 1.78 bits per heavy atom. The van der Waals surface area contributed by atoms with Crippen LogP contribution in [0.1, 0.15) is 47.8 Å². The number of anilines is 2. The van der Waals surface area contributed by atoms with Crippen LogP contribution in [0.4, 0.5) is 11.4 Å². The molecule has 0 radical (unpaired) electrons. The number of ether oxygens (including phenoxy) is 1. The molecule has 192 valence electrons. The lowest BCUT2D eigenvalue weighted by Gasteiger charge is -2.43. The summed E-state index contributed by atoms with van der Waals surface area (Å²) >= 11 is 0. The number of benzene rings is 4. The summed E-state index contributed by atoms with van der Waals surface area (Å²) in [7, 11) is 0. The van der Waals surface area contributed by atoms with E-state index in [1.54, 1.807) is 6.07 Å². The van der Waals surface area contributed by atoms with Crippen LogP contribution in [0.2, 0.25) is 0 Å². The second-order valence-electron chi connectivity index (χ2n) is 9.90. The molecule has 4 aromatic rings. The summed E-state index contributed by atoms with van der Waals surface area (Å²) in [5.74, 6) is -0.101. The number of hydrogen-bond donors (Lipinski definition) is 2. The van der Waals surface area contributed by atoms with Crippen molar-refractivity contribution in [2.24, 2.45) is 0 Å². The zero-order valence-electron chi connectivity index (χ0n) is 21.4. The fourth-order valence-electron chi connectivity index (χ4n) is 5.14. The highest BCUT2D eigenvalue weighted by Gasteiger charge is 2.36. The molecule has 37 heavy (non-hydrogen) atoms. The number of halogens is 1. The summed E-state index contributed by atoms with van der Waals surface area (Å²) in [6, 6.07) is 28.7. The maximum atomic E-state index is 11.8. The van der Waals surface area contributed by atoms with E-state index in [9.17, 15) is 9.90 Å². The third kappa shape index (κ3) is 5.43. The number of fused-ring (bicyclic) bond motifs is 2. The van der Waals surface area contributed by atoms with Crippen molar-refractivity contribution in [1.29, 1.82) is 0 Å². The van der Waals surface area contributed by atoms with Gasteiger partial charge in [0, 0.05) is 18.2 Å². The highest BCUT2D eigenvalue weighted by molar-refractivity contribution is 5.91. The van der Waals surface area contributed by atoms with Gasteiger partial charge in [-0.25, -0.2) is 4.79 Å². The number of hydrogen-bond acceptors (Lipinski definition) is 4. The van der Waals surface area contributed by atoms with E-state index >= 15 is 0 Å². The van der Waals surface area contributed by atoms with Gasteiger partial charge >= 0.3 is 5.97 Å². The molecule has 1 unspecified atom stereocenters. The van der Waals surface area contributed by atoms with Crippen molar-refractivity contribution in [2.45, 2.75) is 38.8 Å². The summed E-state index contributed by atoms with van der Waals surface area (Å²) in [4.78, 5) is 14.0. The molecule has 4 aromatic carbocycles. The van der Waals surface area contributed by atoms with Gasteiger partial charge in [-0.1, -0.05) is 60.7 Å². The number of aryl methyl sites for hydroxylation is 1. The van der Waals surface area contributed by atoms with Gasteiger partial charge in [0.25, 0.3) is 0 Å². The Balaban J connectivity index is 0.00000320. The molecule has 0 amide bonds. The predicted molar refractivity (Wildman–Crippen MR) is 153 cm³/mol. The Bertz CT molecular complexity index is 1420. The number of para-hydroxylation sites is 2. The normalized spacial score (nSPS) is 17.4. The van der Waals surface area contributed by atoms with Crippen molar-refractivity contribution in [1.82, 2.24) is 5.32 Å². The average molecular weight is 517 g/mol. The zero-order chi connectivity index (χ0) is 25.3. The average Bonchev–Trinajstić information content (AvgIpc) is 2.88. The smallest absolute Gasteiger partial charge is 0.336 e. The number of nitrogens with zero attached hydrogens (tertiary/aromatic N) is 1. The molecule has 0 saturated heterocycles. The van der Waals surface area contributed by atoms with E-state index in [1.807, 2.05) is 43.3 Å². The van der Waals surface area contributed by atoms with Crippen molar-refractivity contribution >= 4 is 40.5 Å². The predicted octanol–water partition coefficient (Wildman–Crippen LogP) is 7.30. The van der Waals surface area contributed by atoms with Gasteiger partial charge in [0.2, 0.25) is 0 Å². The van der Waals surface area contributed by atoms with Gasteiger partial charge in [0.1, 0.15) is 11.4 Å². The van der Waals surface area contributed by atoms with Crippen LogP contribution < -0.4 is 15.0 Å². The quantitative estimate of drug-likeness (QED) is 0.270. The van der Waals surface area contributed by atoms with Crippen LogP contribution in [0.25, 0.3) is 10.8 Å². The van der Waals surface area contributed by atoms with E-state index in [4.69, 9.17) is 4.74 Å². The molecular weight excluding hydrogens is 484 g/mol. The van der Waals surface area contributed by atoms with E-state index in [0.717, 1.165) is 35.7 Å². The van der Waals surface area contributed by atoms with Gasteiger partial charge in [0.15, 0.2) is 0 Å². The molecule has 0 saturated carbocycles. The number of carboxylic acid groups (broad SMARTS) is 1. The third-order valence-corrected chi connectivity index (χ3v) is 7.16. The Morgan fingerprint density at radius 3 is 2.59 bits per heavy atom. The van der Waals surface area contributed by atoms with E-state index in [-0.39, 0.29) is 18.4 Å². The Morgan fingerprint density at radius 1 is 1.05 bits per heavy atom. The van der Waals surface area contributed by atoms with Gasteiger partial charge in [-0.3, -0.25) is 0 Å². The van der Waals surface area contributed by atoms with Crippen molar-refractivity contribution in [3.8, 4) is 5.75 Å². The van der Waals surface area contributed by atoms with Gasteiger partial charge < -0.3 is 20.1 Å². The number of carbonyl (C=O) groups is 1. The Hall–Kier alpha value is -3.54. The minimum absolute atomic E-state index is 0. The third-order valence-electron chi connectivity index (χ3n) is 7.16. The standard InChI is InChI=1S/C31H32N2O3.ClH/c1-21-15-16-24(19-27(21)30(34)35)33-20-31(3,36-29-14-7-6-13-28(29)33)17-18-32-22(2)25-12-8-10-23-9-4-5-11-26(23)25;/h4-16,19,22,32H,17-18,20H2,1-3H3,(H,34,35);1H/t22-,31?;/m1./s1. The summed E-state index contributed by atoms with van der Waals surface area (Å²) in [6.07, 6.45) is 0.796. The largest absolute Gasteiger partial charge is 0.483 e. The van der Waals surface area contributed by atoms with Crippen molar-refractivity contribution < 1.29 is 14.6 Å². The molecular formula is C31H33ClN2O3. The van der Waals surface area contributed by atoms with Crippen LogP contribution in [0.5, 0.6) is 5.75 Å². The molecule has 0 spiro atoms. The lowest BCUT2D eigenvalue weighted by molar-refractivity contribution is 0.0696. The first-order valence-electron chi connectivity index (χ1n) is 12.5. The first-order valence-corrected chi connectivity index (χ1v) is 12.5. The molecule has 5 nitrogen and oxygen atoms in total. The molecule has 0 fully saturated rings. The minimum atomic E-state index is -0.912. The molecule has 0 aromatic heterocycles. The van der Waals surface area contributed by atoms with Crippen LogP contribution in [0, 0.1) is 6.92 Å². The highest BCUT2D eigenvalue weighted by atomic mass is 35.5. The van der Waals surface area contributed by atoms with Crippen molar-refractivity contribution in [2.75, 3.05) is 18.0 Å². The zero-order valence-corrected chi connectivity index (χ0v) is 22.2. The summed E-state index contributed by atoms with van der Waals surface area (Å²) in [6.45, 7) is 7.56. The summed E-state index contributed by atoms with van der Waals surface area (Å²) in [5.41, 5.74) is 3.72. The maximum Gasteiger partial charge on any atom is 0.336 e. The second kappa shape index (κ2) is 10.8. The molecule has 1 heterocycles. The highest BCUT2D eigenvalue weighted by Crippen LogP contribution is 2.42. The number of aromatic carboxylic acids is 1. The van der Waals surface area contributed by atoms with Crippen LogP contribution >= 0.6 is 12.4 Å². The Labute approximate surface area is 224 Å².